The molecular formula is C15H22N2O3. The van der Waals surface area contributed by atoms with Crippen LogP contribution in [0.3, 0.4) is 0 Å². The number of hydrogen-bond acceptors (Lipinski definition) is 4. The van der Waals surface area contributed by atoms with Crippen LogP contribution in [-0.2, 0) is 0 Å². The van der Waals surface area contributed by atoms with Crippen LogP contribution < -0.4 is 20.5 Å². The summed E-state index contributed by atoms with van der Waals surface area (Å²) in [7, 11) is 3.08. The Bertz CT molecular complexity index is 476. The zero-order chi connectivity index (χ0) is 14.5. The van der Waals surface area contributed by atoms with Crippen LogP contribution in [-0.4, -0.2) is 32.2 Å². The molecule has 20 heavy (non-hydrogen) atoms. The van der Waals surface area contributed by atoms with Crippen molar-refractivity contribution in [2.24, 2.45) is 5.73 Å². The number of benzene rings is 1. The normalized spacial score (nSPS) is 22.1. The van der Waals surface area contributed by atoms with Gasteiger partial charge in [-0.25, -0.2) is 0 Å². The molecule has 0 aromatic heterocycles. The number of carbonyl (C=O) groups is 1. The van der Waals surface area contributed by atoms with Crippen molar-refractivity contribution in [1.29, 1.82) is 0 Å². The van der Waals surface area contributed by atoms with Crippen LogP contribution in [0.25, 0.3) is 0 Å². The van der Waals surface area contributed by atoms with E-state index in [0.29, 0.717) is 17.1 Å². The first kappa shape index (κ1) is 14.7. The van der Waals surface area contributed by atoms with Gasteiger partial charge in [0.2, 0.25) is 0 Å². The topological polar surface area (TPSA) is 73.6 Å². The number of nitrogens with one attached hydrogen (secondary N) is 1. The average molecular weight is 278 g/mol. The van der Waals surface area contributed by atoms with Gasteiger partial charge in [0.1, 0.15) is 0 Å². The van der Waals surface area contributed by atoms with Gasteiger partial charge in [0.15, 0.2) is 11.5 Å². The lowest BCUT2D eigenvalue weighted by Crippen LogP contribution is -2.49. The van der Waals surface area contributed by atoms with E-state index in [-0.39, 0.29) is 18.0 Å². The summed E-state index contributed by atoms with van der Waals surface area (Å²) in [6.45, 7) is 0. The van der Waals surface area contributed by atoms with Gasteiger partial charge in [-0.2, -0.15) is 0 Å². The molecule has 0 radical (unpaired) electrons. The van der Waals surface area contributed by atoms with Gasteiger partial charge in [0.05, 0.1) is 19.8 Å². The number of nitrogens with two attached hydrogens (primary N) is 1. The molecule has 1 amide bonds. The third-order valence-electron chi connectivity index (χ3n) is 3.78. The molecule has 1 saturated carbocycles. The first-order valence-electron chi connectivity index (χ1n) is 6.94. The van der Waals surface area contributed by atoms with Crippen molar-refractivity contribution in [3.63, 3.8) is 0 Å². The Balaban J connectivity index is 2.16. The van der Waals surface area contributed by atoms with E-state index in [1.807, 2.05) is 0 Å². The Morgan fingerprint density at radius 2 is 2.00 bits per heavy atom. The number of ether oxygens (including phenoxy) is 2. The summed E-state index contributed by atoms with van der Waals surface area (Å²) in [5.74, 6) is 0.841. The summed E-state index contributed by atoms with van der Waals surface area (Å²) >= 11 is 0. The molecule has 5 heteroatoms. The zero-order valence-electron chi connectivity index (χ0n) is 12.0. The molecule has 2 atom stereocenters. The lowest BCUT2D eigenvalue weighted by molar-refractivity contribution is 0.0917. The largest absolute Gasteiger partial charge is 0.493 e. The van der Waals surface area contributed by atoms with E-state index in [1.165, 1.54) is 7.11 Å². The van der Waals surface area contributed by atoms with Gasteiger partial charge < -0.3 is 20.5 Å². The molecule has 1 aromatic rings. The number of hydrogen-bond donors (Lipinski definition) is 2. The minimum Gasteiger partial charge on any atom is -0.493 e. The highest BCUT2D eigenvalue weighted by Gasteiger charge is 2.25. The summed E-state index contributed by atoms with van der Waals surface area (Å²) in [5.41, 5.74) is 6.54. The van der Waals surface area contributed by atoms with Crippen LogP contribution >= 0.6 is 0 Å². The molecule has 5 nitrogen and oxygen atoms in total. The second kappa shape index (κ2) is 6.61. The highest BCUT2D eigenvalue weighted by molar-refractivity contribution is 5.98. The molecule has 0 unspecified atom stereocenters. The van der Waals surface area contributed by atoms with Crippen molar-refractivity contribution in [3.8, 4) is 11.5 Å². The Morgan fingerprint density at radius 1 is 1.25 bits per heavy atom. The van der Waals surface area contributed by atoms with Crippen molar-refractivity contribution >= 4 is 5.91 Å². The van der Waals surface area contributed by atoms with Gasteiger partial charge in [-0.15, -0.1) is 0 Å². The third kappa shape index (κ3) is 3.04. The van der Waals surface area contributed by atoms with Crippen LogP contribution in [0, 0.1) is 0 Å². The number of rotatable bonds is 4. The van der Waals surface area contributed by atoms with E-state index in [9.17, 15) is 4.79 Å². The monoisotopic (exact) mass is 278 g/mol. The maximum absolute atomic E-state index is 12.4. The molecule has 2 rings (SSSR count). The van der Waals surface area contributed by atoms with Crippen LogP contribution in [0.15, 0.2) is 18.2 Å². The fourth-order valence-electron chi connectivity index (χ4n) is 2.65. The molecule has 0 spiro atoms. The third-order valence-corrected chi connectivity index (χ3v) is 3.78. The minimum atomic E-state index is -0.164. The molecule has 1 aliphatic rings. The molecule has 1 aliphatic carbocycles. The molecule has 0 aliphatic heterocycles. The first-order valence-corrected chi connectivity index (χ1v) is 6.94. The fourth-order valence-corrected chi connectivity index (χ4v) is 2.65. The second-order valence-electron chi connectivity index (χ2n) is 5.07. The highest BCUT2D eigenvalue weighted by Crippen LogP contribution is 2.30. The smallest absolute Gasteiger partial charge is 0.255 e. The predicted molar refractivity (Wildman–Crippen MR) is 77.2 cm³/mol. The number of methoxy groups -OCH3 is 2. The van der Waals surface area contributed by atoms with E-state index >= 15 is 0 Å². The Hall–Kier alpha value is -1.75. The second-order valence-corrected chi connectivity index (χ2v) is 5.07. The molecule has 0 saturated heterocycles. The van der Waals surface area contributed by atoms with Crippen molar-refractivity contribution in [2.45, 2.75) is 37.8 Å². The first-order chi connectivity index (χ1) is 9.67. The van der Waals surface area contributed by atoms with Gasteiger partial charge in [-0.05, 0) is 25.0 Å². The van der Waals surface area contributed by atoms with Crippen molar-refractivity contribution < 1.29 is 14.3 Å². The molecule has 1 aromatic carbocycles. The molecule has 3 N–H and O–H groups in total. The van der Waals surface area contributed by atoms with Gasteiger partial charge in [0.25, 0.3) is 5.91 Å². The maximum Gasteiger partial charge on any atom is 0.255 e. The van der Waals surface area contributed by atoms with Crippen LogP contribution in [0.4, 0.5) is 0 Å². The van der Waals surface area contributed by atoms with Crippen LogP contribution in [0.5, 0.6) is 11.5 Å². The maximum atomic E-state index is 12.4. The number of para-hydroxylation sites is 1. The Morgan fingerprint density at radius 3 is 2.65 bits per heavy atom. The SMILES string of the molecule is COc1cccc(C(=O)N[C@@H]2CCCC[C@H]2N)c1OC. The minimum absolute atomic E-state index is 0.0318. The van der Waals surface area contributed by atoms with E-state index < -0.39 is 0 Å². The van der Waals surface area contributed by atoms with Crippen LogP contribution in [0.1, 0.15) is 36.0 Å². The van der Waals surface area contributed by atoms with E-state index in [4.69, 9.17) is 15.2 Å². The summed E-state index contributed by atoms with van der Waals surface area (Å²) in [4.78, 5) is 12.4. The molecule has 110 valence electrons. The van der Waals surface area contributed by atoms with E-state index in [0.717, 1.165) is 25.7 Å². The van der Waals surface area contributed by atoms with Gasteiger partial charge in [-0.3, -0.25) is 4.79 Å². The lowest BCUT2D eigenvalue weighted by atomic mass is 9.91. The van der Waals surface area contributed by atoms with Crippen LogP contribution in [0.2, 0.25) is 0 Å². The number of amides is 1. The zero-order valence-corrected chi connectivity index (χ0v) is 12.0. The van der Waals surface area contributed by atoms with Gasteiger partial charge >= 0.3 is 0 Å². The summed E-state index contributed by atoms with van der Waals surface area (Å²) < 4.78 is 10.5. The Kier molecular flexibility index (Phi) is 4.84. The standard InChI is InChI=1S/C15H22N2O3/c1-19-13-9-5-6-10(14(13)20-2)15(18)17-12-8-4-3-7-11(12)16/h5-6,9,11-12H,3-4,7-8,16H2,1-2H3,(H,17,18)/t11-,12-/m1/s1. The van der Waals surface area contributed by atoms with Crippen molar-refractivity contribution in [2.75, 3.05) is 14.2 Å². The lowest BCUT2D eigenvalue weighted by Gasteiger charge is -2.29. The number of carbonyl (C=O) groups excluding carboxylic acids is 1. The fraction of sp³-hybridized carbons (Fsp3) is 0.533. The highest BCUT2D eigenvalue weighted by atomic mass is 16.5. The quantitative estimate of drug-likeness (QED) is 0.879. The summed E-state index contributed by atoms with van der Waals surface area (Å²) in [5, 5.41) is 3.01. The molecule has 0 bridgehead atoms. The van der Waals surface area contributed by atoms with E-state index in [1.54, 1.807) is 25.3 Å². The van der Waals surface area contributed by atoms with E-state index in [2.05, 4.69) is 5.32 Å². The molecule has 1 fully saturated rings. The molecular weight excluding hydrogens is 256 g/mol. The van der Waals surface area contributed by atoms with Gasteiger partial charge in [0, 0.05) is 12.1 Å². The van der Waals surface area contributed by atoms with Gasteiger partial charge in [-0.1, -0.05) is 18.9 Å². The average Bonchev–Trinajstić information content (AvgIpc) is 2.48. The van der Waals surface area contributed by atoms with Crippen molar-refractivity contribution in [1.82, 2.24) is 5.32 Å². The molecule has 0 heterocycles. The Labute approximate surface area is 119 Å². The summed E-state index contributed by atoms with van der Waals surface area (Å²) in [6.07, 6.45) is 4.13. The predicted octanol–water partition coefficient (Wildman–Crippen LogP) is 1.70. The summed E-state index contributed by atoms with van der Waals surface area (Å²) in [6, 6.07) is 5.33. The van der Waals surface area contributed by atoms with Crippen molar-refractivity contribution in [3.05, 3.63) is 23.8 Å².